The van der Waals surface area contributed by atoms with E-state index in [9.17, 15) is 39.6 Å². The minimum Gasteiger partial charge on any atom is -0.507 e. The van der Waals surface area contributed by atoms with Gasteiger partial charge in [-0.2, -0.15) is 0 Å². The SMILES string of the molecule is C/C1=C/C=C/C(C)[C@H](O)CC(O)C[C@H](OC(=O)CC(=O)N2CCN(C3CN(C)C3)CC2)CC/C=C/O[C@@]2(C)Oc3c(C)c(O)c4c(O)c(c5c(c4c3C2=O)NC2(CCN(CC(C)C)CC2)N=5)=NC1=O. The van der Waals surface area contributed by atoms with E-state index in [1.165, 1.54) is 19.3 Å². The smallest absolute Gasteiger partial charge is 0.315 e. The molecular formula is C51H69N7O11. The highest BCUT2D eigenvalue weighted by atomic mass is 16.7. The lowest BCUT2D eigenvalue weighted by molar-refractivity contribution is -0.155. The fourth-order valence-electron chi connectivity index (χ4n) is 10.5. The van der Waals surface area contributed by atoms with Crippen LogP contribution in [0.2, 0.25) is 0 Å². The minimum absolute atomic E-state index is 0.0213. The van der Waals surface area contributed by atoms with E-state index in [1.807, 2.05) is 0 Å². The summed E-state index contributed by atoms with van der Waals surface area (Å²) in [5.41, 5.74) is -0.0977. The number of rotatable bonds is 6. The van der Waals surface area contributed by atoms with Crippen molar-refractivity contribution in [3.05, 3.63) is 58.0 Å². The molecule has 7 aliphatic rings. The molecule has 18 nitrogen and oxygen atoms in total. The molecule has 0 radical (unpaired) electrons. The summed E-state index contributed by atoms with van der Waals surface area (Å²) in [6, 6.07) is 0.484. The average Bonchev–Trinajstić information content (AvgIpc) is 3.79. The van der Waals surface area contributed by atoms with Crippen LogP contribution in [0.15, 0.2) is 46.1 Å². The quantitative estimate of drug-likeness (QED) is 0.159. The number of amides is 2. The third-order valence-corrected chi connectivity index (χ3v) is 14.6. The maximum Gasteiger partial charge on any atom is 0.315 e. The molecule has 69 heavy (non-hydrogen) atoms. The van der Waals surface area contributed by atoms with Crippen molar-refractivity contribution >= 4 is 40.0 Å². The highest BCUT2D eigenvalue weighted by Gasteiger charge is 2.50. The van der Waals surface area contributed by atoms with Gasteiger partial charge >= 0.3 is 11.8 Å². The molecule has 18 heteroatoms. The largest absolute Gasteiger partial charge is 0.507 e. The Hall–Kier alpha value is -5.40. The summed E-state index contributed by atoms with van der Waals surface area (Å²) >= 11 is 0. The number of aromatic hydroxyl groups is 2. The molecule has 2 aromatic rings. The summed E-state index contributed by atoms with van der Waals surface area (Å²) in [5.74, 6) is -5.07. The van der Waals surface area contributed by atoms with E-state index in [0.717, 1.165) is 45.8 Å². The van der Waals surface area contributed by atoms with Crippen LogP contribution in [0.5, 0.6) is 17.2 Å². The number of anilines is 1. The van der Waals surface area contributed by atoms with Gasteiger partial charge in [-0.05, 0) is 52.2 Å². The Kier molecular flexibility index (Phi) is 14.6. The molecule has 2 aromatic carbocycles. The molecule has 7 aliphatic heterocycles. The van der Waals surface area contributed by atoms with Crippen LogP contribution in [0.25, 0.3) is 10.8 Å². The van der Waals surface area contributed by atoms with Gasteiger partial charge in [-0.3, -0.25) is 29.1 Å². The maximum absolute atomic E-state index is 14.7. The second-order valence-corrected chi connectivity index (χ2v) is 20.5. The third-order valence-electron chi connectivity index (χ3n) is 14.6. The van der Waals surface area contributed by atoms with E-state index < -0.39 is 65.5 Å². The fraction of sp³-hybridized carbons (Fsp3) is 0.608. The Bertz CT molecular complexity index is 2570. The number of likely N-dealkylation sites (tertiary alicyclic amines) is 2. The van der Waals surface area contributed by atoms with E-state index in [0.29, 0.717) is 43.6 Å². The molecule has 3 saturated heterocycles. The number of Topliss-reactive ketones (excluding diaryl/α,β-unsaturated/α-hetero) is 1. The van der Waals surface area contributed by atoms with Gasteiger partial charge in [0.05, 0.1) is 35.1 Å². The van der Waals surface area contributed by atoms with Gasteiger partial charge in [0.2, 0.25) is 5.91 Å². The van der Waals surface area contributed by atoms with Crippen LogP contribution in [-0.2, 0) is 23.9 Å². The number of allylic oxidation sites excluding steroid dienone is 3. The van der Waals surface area contributed by atoms with E-state index in [-0.39, 0.29) is 81.3 Å². The van der Waals surface area contributed by atoms with Crippen molar-refractivity contribution < 1.29 is 53.8 Å². The first-order chi connectivity index (χ1) is 32.8. The predicted molar refractivity (Wildman–Crippen MR) is 256 cm³/mol. The zero-order chi connectivity index (χ0) is 49.5. The number of fused-ring (bicyclic) bond motifs is 13. The molecule has 0 aromatic heterocycles. The topological polar surface area (TPSA) is 227 Å². The first-order valence-corrected chi connectivity index (χ1v) is 24.5. The van der Waals surface area contributed by atoms with Crippen molar-refractivity contribution in [2.45, 2.75) is 122 Å². The molecule has 5 N–H and O–H groups in total. The number of phenolic OH excluding ortho intramolecular Hbond substituents is 2. The Morgan fingerprint density at radius 3 is 2.38 bits per heavy atom. The average molecular weight is 956 g/mol. The lowest BCUT2D eigenvalue weighted by Crippen LogP contribution is -2.62. The van der Waals surface area contributed by atoms with Gasteiger partial charge in [0.1, 0.15) is 40.4 Å². The zero-order valence-electron chi connectivity index (χ0n) is 41.0. The highest BCUT2D eigenvalue weighted by molar-refractivity contribution is 6.21. The summed E-state index contributed by atoms with van der Waals surface area (Å²) in [4.78, 5) is 73.4. The number of benzene rings is 2. The van der Waals surface area contributed by atoms with Gasteiger partial charge in [-0.1, -0.05) is 39.0 Å². The molecule has 2 amide bonds. The lowest BCUT2D eigenvalue weighted by Gasteiger charge is -2.46. The fourth-order valence-corrected chi connectivity index (χ4v) is 10.5. The van der Waals surface area contributed by atoms with Gasteiger partial charge in [-0.25, -0.2) is 4.99 Å². The first-order valence-electron chi connectivity index (χ1n) is 24.5. The number of ketones is 1. The number of nitrogens with one attached hydrogen (secondary N) is 1. The van der Waals surface area contributed by atoms with Gasteiger partial charge in [0, 0.05) is 114 Å². The summed E-state index contributed by atoms with van der Waals surface area (Å²) in [6.07, 6.45) is 5.96. The Morgan fingerprint density at radius 2 is 1.70 bits per heavy atom. The van der Waals surface area contributed by atoms with Crippen LogP contribution in [-0.4, -0.2) is 165 Å². The van der Waals surface area contributed by atoms with E-state index >= 15 is 0 Å². The molecule has 374 valence electrons. The van der Waals surface area contributed by atoms with Crippen molar-refractivity contribution in [2.24, 2.45) is 21.8 Å². The number of carbonyl (C=O) groups excluding carboxylic acids is 4. The van der Waals surface area contributed by atoms with Crippen molar-refractivity contribution in [1.29, 1.82) is 0 Å². The summed E-state index contributed by atoms with van der Waals surface area (Å²) in [5, 5.41) is 50.0. The Labute approximate surface area is 403 Å². The monoisotopic (exact) mass is 956 g/mol. The number of ether oxygens (including phenoxy) is 3. The number of piperazine rings is 1. The summed E-state index contributed by atoms with van der Waals surface area (Å²) < 4.78 is 18.2. The van der Waals surface area contributed by atoms with Crippen molar-refractivity contribution in [3.63, 3.8) is 0 Å². The minimum atomic E-state index is -1.92. The molecule has 0 saturated carbocycles. The van der Waals surface area contributed by atoms with Crippen molar-refractivity contribution in [3.8, 4) is 17.2 Å². The second kappa shape index (κ2) is 20.1. The number of hydrogen-bond donors (Lipinski definition) is 5. The standard InChI is InChI=1S/C51H69N7O11/c1-29(2)26-56-16-14-51(15-17-56)53-42-39-40-45(63)32(5)47-41(39)48(65)50(6,69-47)67-22-9-8-13-35(68-38(62)25-37(61)58-20-18-57(19-21-58)33-27-55(7)28-33)23-34(59)24-36(60)30(3)11-10-12-31(4)49(66)52-44(46(40)64)43(42)54-51/h9-12,22,29-30,33-36,53,59-60,63-64H,8,13-21,23-28H2,1-7H3/b11-10+,22-9+,31-12-,52-44?/t30?,34?,35-,36-,50+/m1/s1. The number of aliphatic hydroxyl groups is 2. The lowest BCUT2D eigenvalue weighted by atomic mass is 9.92. The van der Waals surface area contributed by atoms with Crippen LogP contribution in [0, 0.1) is 18.8 Å². The number of piperidine rings is 1. The Morgan fingerprint density at radius 1 is 0.986 bits per heavy atom. The number of phenols is 2. The van der Waals surface area contributed by atoms with E-state index in [1.54, 1.807) is 43.9 Å². The van der Waals surface area contributed by atoms with Crippen LogP contribution in [0.4, 0.5) is 5.69 Å². The van der Waals surface area contributed by atoms with Crippen molar-refractivity contribution in [1.82, 2.24) is 19.6 Å². The number of carbonyl (C=O) groups is 4. The molecule has 3 fully saturated rings. The van der Waals surface area contributed by atoms with Crippen LogP contribution < -0.4 is 20.8 Å². The molecule has 0 aliphatic carbocycles. The van der Waals surface area contributed by atoms with Gasteiger partial charge in [0.15, 0.2) is 5.75 Å². The molecule has 5 atom stereocenters. The number of aliphatic hydroxyl groups excluding tert-OH is 2. The van der Waals surface area contributed by atoms with Gasteiger partial charge in [0.25, 0.3) is 11.7 Å². The number of esters is 1. The number of hydrogen-bond acceptors (Lipinski definition) is 16. The molecule has 5 bridgehead atoms. The molecule has 9 rings (SSSR count). The van der Waals surface area contributed by atoms with Crippen LogP contribution in [0.1, 0.15) is 95.5 Å². The first kappa shape index (κ1) is 50.0. The molecular weight excluding hydrogens is 887 g/mol. The van der Waals surface area contributed by atoms with Crippen LogP contribution >= 0.6 is 0 Å². The predicted octanol–water partition coefficient (Wildman–Crippen LogP) is 3.21. The van der Waals surface area contributed by atoms with E-state index in [2.05, 4.69) is 45.9 Å². The highest BCUT2D eigenvalue weighted by Crippen LogP contribution is 2.51. The third kappa shape index (κ3) is 10.4. The van der Waals surface area contributed by atoms with Gasteiger partial charge in [-0.15, -0.1) is 0 Å². The Balaban J connectivity index is 1.08. The maximum atomic E-state index is 14.7. The summed E-state index contributed by atoms with van der Waals surface area (Å²) in [7, 11) is 2.08. The normalized spacial score (nSPS) is 29.1. The zero-order valence-corrected chi connectivity index (χ0v) is 41.0. The molecule has 1 spiro atoms. The number of likely N-dealkylation sites (N-methyl/N-ethyl adjacent to an activating group) is 1. The molecule has 2 unspecified atom stereocenters. The summed E-state index contributed by atoms with van der Waals surface area (Å²) in [6.45, 7) is 17.6. The molecule has 7 heterocycles. The van der Waals surface area contributed by atoms with Crippen molar-refractivity contribution in [2.75, 3.05) is 71.3 Å². The second-order valence-electron chi connectivity index (χ2n) is 20.5. The van der Waals surface area contributed by atoms with E-state index in [4.69, 9.17) is 19.2 Å². The number of nitrogens with zero attached hydrogens (tertiary/aromatic N) is 6. The van der Waals surface area contributed by atoms with Gasteiger partial charge < -0.3 is 54.7 Å². The van der Waals surface area contributed by atoms with Crippen LogP contribution in [0.3, 0.4) is 0 Å².